The number of unbranched alkanes of at least 4 members (excludes halogenated alkanes) is 1. The zero-order chi connectivity index (χ0) is 28.9. The van der Waals surface area contributed by atoms with Crippen molar-refractivity contribution in [3.63, 3.8) is 0 Å². The maximum absolute atomic E-state index is 12.8. The molecule has 13 heteroatoms. The molecule has 3 heterocycles. The van der Waals surface area contributed by atoms with E-state index in [0.29, 0.717) is 17.0 Å². The standard InChI is InChI=1S/C27H34ClN5O6S/c1-17-11-20(28)13-22(12-17)40(38,39)33-15-19(16-33)26(35)32-23(27(36)37)14-30-24(34)7-3-2-6-21-9-8-18-5-4-10-29-25(18)31-21/h8-9,11-13,19,23H,2-7,10,14-16H2,1H3,(H,29,31)(H,30,34)(H,32,35)(H,36,37). The number of nitrogens with one attached hydrogen (secondary N) is 3. The molecule has 1 unspecified atom stereocenters. The van der Waals surface area contributed by atoms with Crippen LogP contribution in [0.5, 0.6) is 0 Å². The Kier molecular flexibility index (Phi) is 9.64. The number of nitrogens with zero attached hydrogens (tertiary/aromatic N) is 2. The Balaban J connectivity index is 1.17. The van der Waals surface area contributed by atoms with Crippen molar-refractivity contribution in [2.45, 2.75) is 56.4 Å². The molecule has 40 heavy (non-hydrogen) atoms. The first-order valence-electron chi connectivity index (χ1n) is 13.3. The molecule has 2 amide bonds. The van der Waals surface area contributed by atoms with Crippen molar-refractivity contribution in [1.82, 2.24) is 19.9 Å². The number of rotatable bonds is 12. The number of aryl methyl sites for hydroxylation is 3. The first kappa shape index (κ1) is 29.8. The predicted molar refractivity (Wildman–Crippen MR) is 150 cm³/mol. The molecule has 0 spiro atoms. The second kappa shape index (κ2) is 13.0. The van der Waals surface area contributed by atoms with Crippen molar-refractivity contribution >= 4 is 45.2 Å². The molecule has 2 aliphatic heterocycles. The van der Waals surface area contributed by atoms with Gasteiger partial charge in [-0.3, -0.25) is 9.59 Å². The van der Waals surface area contributed by atoms with Crippen LogP contribution < -0.4 is 16.0 Å². The first-order valence-corrected chi connectivity index (χ1v) is 15.1. The van der Waals surface area contributed by atoms with Crippen LogP contribution >= 0.6 is 11.6 Å². The van der Waals surface area contributed by atoms with Crippen molar-refractivity contribution in [3.05, 3.63) is 52.2 Å². The molecular formula is C27H34ClN5O6S. The summed E-state index contributed by atoms with van der Waals surface area (Å²) in [5.74, 6) is -1.93. The van der Waals surface area contributed by atoms with Crippen LogP contribution in [-0.2, 0) is 37.2 Å². The van der Waals surface area contributed by atoms with Crippen molar-refractivity contribution < 1.29 is 27.9 Å². The first-order chi connectivity index (χ1) is 19.0. The molecule has 11 nitrogen and oxygen atoms in total. The monoisotopic (exact) mass is 591 g/mol. The number of fused-ring (bicyclic) bond motifs is 1. The van der Waals surface area contributed by atoms with Gasteiger partial charge in [0.15, 0.2) is 0 Å². The minimum absolute atomic E-state index is 0.0402. The molecule has 1 aromatic carbocycles. The van der Waals surface area contributed by atoms with Crippen molar-refractivity contribution in [2.24, 2.45) is 5.92 Å². The predicted octanol–water partition coefficient (Wildman–Crippen LogP) is 2.12. The molecule has 0 saturated carbocycles. The molecule has 2 aliphatic rings. The normalized spacial score (nSPS) is 16.2. The van der Waals surface area contributed by atoms with Crippen LogP contribution in [-0.4, -0.2) is 72.8 Å². The summed E-state index contributed by atoms with van der Waals surface area (Å²) in [5, 5.41) is 18.1. The van der Waals surface area contributed by atoms with Crippen LogP contribution in [0.4, 0.5) is 5.82 Å². The highest BCUT2D eigenvalue weighted by atomic mass is 35.5. The van der Waals surface area contributed by atoms with Crippen molar-refractivity contribution in [2.75, 3.05) is 31.5 Å². The van der Waals surface area contributed by atoms with Gasteiger partial charge in [-0.15, -0.1) is 0 Å². The van der Waals surface area contributed by atoms with Crippen LogP contribution in [0.3, 0.4) is 0 Å². The second-order valence-corrected chi connectivity index (χ2v) is 12.6. The fourth-order valence-electron chi connectivity index (χ4n) is 4.69. The zero-order valence-electron chi connectivity index (χ0n) is 22.3. The number of carboxylic acid groups (broad SMARTS) is 1. The number of carboxylic acids is 1. The number of pyridine rings is 1. The van der Waals surface area contributed by atoms with Crippen LogP contribution in [0.25, 0.3) is 0 Å². The molecule has 1 saturated heterocycles. The molecule has 1 aromatic heterocycles. The van der Waals surface area contributed by atoms with E-state index in [0.717, 1.165) is 48.0 Å². The van der Waals surface area contributed by atoms with Gasteiger partial charge in [0.1, 0.15) is 11.9 Å². The van der Waals surface area contributed by atoms with Gasteiger partial charge in [-0.2, -0.15) is 4.31 Å². The molecule has 1 fully saturated rings. The Morgan fingerprint density at radius 1 is 1.20 bits per heavy atom. The van der Waals surface area contributed by atoms with E-state index in [1.54, 1.807) is 13.0 Å². The van der Waals surface area contributed by atoms with Gasteiger partial charge in [-0.05, 0) is 74.4 Å². The number of hydrogen-bond acceptors (Lipinski definition) is 7. The third kappa shape index (κ3) is 7.49. The number of sulfonamides is 1. The van der Waals surface area contributed by atoms with E-state index in [1.807, 2.05) is 6.07 Å². The van der Waals surface area contributed by atoms with Crippen LogP contribution in [0.15, 0.2) is 35.2 Å². The lowest BCUT2D eigenvalue weighted by Crippen LogP contribution is -2.58. The lowest BCUT2D eigenvalue weighted by Gasteiger charge is -2.37. The summed E-state index contributed by atoms with van der Waals surface area (Å²) in [6, 6.07) is 7.27. The highest BCUT2D eigenvalue weighted by Crippen LogP contribution is 2.28. The number of benzene rings is 1. The van der Waals surface area contributed by atoms with Gasteiger partial charge in [0, 0.05) is 43.3 Å². The van der Waals surface area contributed by atoms with Crippen LogP contribution in [0.2, 0.25) is 5.02 Å². The molecule has 216 valence electrons. The number of aromatic nitrogens is 1. The largest absolute Gasteiger partial charge is 0.480 e. The van der Waals surface area contributed by atoms with E-state index in [1.165, 1.54) is 17.7 Å². The van der Waals surface area contributed by atoms with Crippen molar-refractivity contribution in [3.8, 4) is 0 Å². The number of anilines is 1. The second-order valence-electron chi connectivity index (χ2n) is 10.2. The number of amides is 2. The summed E-state index contributed by atoms with van der Waals surface area (Å²) in [6.07, 6.45) is 4.46. The van der Waals surface area contributed by atoms with Crippen molar-refractivity contribution in [1.29, 1.82) is 0 Å². The summed E-state index contributed by atoms with van der Waals surface area (Å²) in [4.78, 5) is 41.2. The number of carbonyl (C=O) groups excluding carboxylic acids is 2. The Bertz CT molecular complexity index is 1360. The molecular weight excluding hydrogens is 558 g/mol. The Morgan fingerprint density at radius 3 is 2.70 bits per heavy atom. The summed E-state index contributed by atoms with van der Waals surface area (Å²) >= 11 is 5.98. The molecule has 0 radical (unpaired) electrons. The maximum atomic E-state index is 12.8. The summed E-state index contributed by atoms with van der Waals surface area (Å²) in [7, 11) is -3.82. The number of carbonyl (C=O) groups is 3. The van der Waals surface area contributed by atoms with Gasteiger partial charge < -0.3 is 21.1 Å². The lowest BCUT2D eigenvalue weighted by atomic mass is 10.0. The minimum Gasteiger partial charge on any atom is -0.480 e. The summed E-state index contributed by atoms with van der Waals surface area (Å²) in [5.41, 5.74) is 2.88. The van der Waals surface area contributed by atoms with E-state index in [4.69, 9.17) is 11.6 Å². The highest BCUT2D eigenvalue weighted by Gasteiger charge is 2.41. The number of aliphatic carboxylic acids is 1. The summed E-state index contributed by atoms with van der Waals surface area (Å²) < 4.78 is 26.8. The average molecular weight is 592 g/mol. The highest BCUT2D eigenvalue weighted by molar-refractivity contribution is 7.89. The minimum atomic E-state index is -3.82. The average Bonchev–Trinajstić information content (AvgIpc) is 2.87. The molecule has 1 atom stereocenters. The van der Waals surface area contributed by atoms with E-state index in [-0.39, 0.29) is 36.9 Å². The topological polar surface area (TPSA) is 158 Å². The van der Waals surface area contributed by atoms with Crippen LogP contribution in [0.1, 0.15) is 42.5 Å². The van der Waals surface area contributed by atoms with E-state index in [9.17, 15) is 27.9 Å². The van der Waals surface area contributed by atoms with E-state index >= 15 is 0 Å². The Hall–Kier alpha value is -3.22. The summed E-state index contributed by atoms with van der Waals surface area (Å²) in [6.45, 7) is 2.23. The van der Waals surface area contributed by atoms with Gasteiger partial charge >= 0.3 is 5.97 Å². The van der Waals surface area contributed by atoms with Gasteiger partial charge in [0.05, 0.1) is 10.8 Å². The lowest BCUT2D eigenvalue weighted by molar-refractivity contribution is -0.143. The fourth-order valence-corrected chi connectivity index (χ4v) is 6.71. The third-order valence-electron chi connectivity index (χ3n) is 7.03. The maximum Gasteiger partial charge on any atom is 0.328 e. The van der Waals surface area contributed by atoms with E-state index < -0.39 is 33.9 Å². The van der Waals surface area contributed by atoms with Gasteiger partial charge in [-0.1, -0.05) is 17.7 Å². The number of halogens is 1. The van der Waals surface area contributed by atoms with Crippen LogP contribution in [0, 0.1) is 12.8 Å². The third-order valence-corrected chi connectivity index (χ3v) is 9.06. The molecule has 0 aliphatic carbocycles. The van der Waals surface area contributed by atoms with Gasteiger partial charge in [0.2, 0.25) is 21.8 Å². The van der Waals surface area contributed by atoms with Gasteiger partial charge in [0.25, 0.3) is 0 Å². The quantitative estimate of drug-likeness (QED) is 0.273. The number of hydrogen-bond donors (Lipinski definition) is 4. The SMILES string of the molecule is Cc1cc(Cl)cc(S(=O)(=O)N2CC(C(=O)NC(CNC(=O)CCCCc3ccc4c(n3)NCCC4)C(=O)O)C2)c1. The van der Waals surface area contributed by atoms with E-state index in [2.05, 4.69) is 27.0 Å². The van der Waals surface area contributed by atoms with Gasteiger partial charge in [-0.25, -0.2) is 18.2 Å². The molecule has 0 bridgehead atoms. The Morgan fingerprint density at radius 2 is 1.98 bits per heavy atom. The molecule has 4 rings (SSSR count). The molecule has 4 N–H and O–H groups in total. The molecule has 2 aromatic rings. The smallest absolute Gasteiger partial charge is 0.328 e. The zero-order valence-corrected chi connectivity index (χ0v) is 23.9. The Labute approximate surface area is 238 Å². The fraction of sp³-hybridized carbons (Fsp3) is 0.481.